The van der Waals surface area contributed by atoms with Gasteiger partial charge >= 0.3 is 0 Å². The third-order valence-electron chi connectivity index (χ3n) is 2.35. The van der Waals surface area contributed by atoms with E-state index in [0.717, 1.165) is 31.2 Å². The molecular formula is C9H14N4O. The maximum absolute atomic E-state index is 11.2. The van der Waals surface area contributed by atoms with Crippen LogP contribution in [0.25, 0.3) is 0 Å². The lowest BCUT2D eigenvalue weighted by Gasteiger charge is -2.37. The first-order chi connectivity index (χ1) is 6.69. The summed E-state index contributed by atoms with van der Waals surface area (Å²) in [6.07, 6.45) is 0.739. The number of anilines is 1. The van der Waals surface area contributed by atoms with Crippen molar-refractivity contribution in [1.82, 2.24) is 9.97 Å². The molecule has 0 unspecified atom stereocenters. The van der Waals surface area contributed by atoms with Crippen LogP contribution < -0.4 is 16.2 Å². The highest BCUT2D eigenvalue weighted by atomic mass is 16.1. The van der Waals surface area contributed by atoms with Gasteiger partial charge in [-0.25, -0.2) is 4.98 Å². The molecule has 5 heteroatoms. The highest BCUT2D eigenvalue weighted by molar-refractivity contribution is 5.41. The van der Waals surface area contributed by atoms with Gasteiger partial charge in [-0.3, -0.25) is 4.79 Å². The van der Waals surface area contributed by atoms with Gasteiger partial charge in [-0.05, 0) is 0 Å². The molecule has 76 valence electrons. The van der Waals surface area contributed by atoms with Crippen LogP contribution in [0.3, 0.4) is 0 Å². The quantitative estimate of drug-likeness (QED) is 0.664. The standard InChI is InChI=1S/C9H14N4O/c1-2-7-11-8(3-9(14)12-7)13-4-6(10)5-13/h3,6H,2,4-5,10H2,1H3,(H,11,12,14). The average Bonchev–Trinajstić information content (AvgIpc) is 2.12. The molecule has 0 aliphatic carbocycles. The van der Waals surface area contributed by atoms with Crippen LogP contribution in [-0.4, -0.2) is 29.1 Å². The number of aromatic amines is 1. The summed E-state index contributed by atoms with van der Waals surface area (Å²) >= 11 is 0. The summed E-state index contributed by atoms with van der Waals surface area (Å²) in [5.41, 5.74) is 5.57. The normalized spacial score (nSPS) is 16.9. The molecule has 14 heavy (non-hydrogen) atoms. The zero-order valence-corrected chi connectivity index (χ0v) is 8.16. The van der Waals surface area contributed by atoms with Crippen molar-refractivity contribution in [2.75, 3.05) is 18.0 Å². The van der Waals surface area contributed by atoms with E-state index in [0.29, 0.717) is 0 Å². The minimum atomic E-state index is -0.0904. The molecule has 0 bridgehead atoms. The fraction of sp³-hybridized carbons (Fsp3) is 0.556. The molecule has 1 saturated heterocycles. The second kappa shape index (κ2) is 3.42. The van der Waals surface area contributed by atoms with Crippen molar-refractivity contribution in [2.24, 2.45) is 5.73 Å². The van der Waals surface area contributed by atoms with Gasteiger partial charge in [-0.1, -0.05) is 6.92 Å². The van der Waals surface area contributed by atoms with Gasteiger partial charge in [-0.2, -0.15) is 0 Å². The highest BCUT2D eigenvalue weighted by Gasteiger charge is 2.24. The molecule has 1 fully saturated rings. The van der Waals surface area contributed by atoms with Gasteiger partial charge < -0.3 is 15.6 Å². The maximum Gasteiger partial charge on any atom is 0.252 e. The third-order valence-corrected chi connectivity index (χ3v) is 2.35. The largest absolute Gasteiger partial charge is 0.353 e. The van der Waals surface area contributed by atoms with E-state index in [9.17, 15) is 4.79 Å². The Labute approximate surface area is 82.0 Å². The Morgan fingerprint density at radius 3 is 3.00 bits per heavy atom. The van der Waals surface area contributed by atoms with Crippen molar-refractivity contribution in [3.8, 4) is 0 Å². The molecule has 1 aliphatic rings. The van der Waals surface area contributed by atoms with E-state index >= 15 is 0 Å². The van der Waals surface area contributed by atoms with Crippen molar-refractivity contribution in [2.45, 2.75) is 19.4 Å². The molecule has 0 saturated carbocycles. The lowest BCUT2D eigenvalue weighted by Crippen LogP contribution is -2.56. The van der Waals surface area contributed by atoms with Gasteiger partial charge in [0.05, 0.1) is 0 Å². The minimum absolute atomic E-state index is 0.0904. The van der Waals surface area contributed by atoms with Gasteiger partial charge in [0.2, 0.25) is 0 Å². The number of aromatic nitrogens is 2. The Bertz CT molecular complexity index is 381. The summed E-state index contributed by atoms with van der Waals surface area (Å²) in [7, 11) is 0. The van der Waals surface area contributed by atoms with Crippen LogP contribution in [0.1, 0.15) is 12.7 Å². The van der Waals surface area contributed by atoms with Gasteiger partial charge in [0.15, 0.2) is 0 Å². The number of nitrogens with one attached hydrogen (secondary N) is 1. The van der Waals surface area contributed by atoms with E-state index in [2.05, 4.69) is 9.97 Å². The van der Waals surface area contributed by atoms with Gasteiger partial charge in [0.1, 0.15) is 11.6 Å². The van der Waals surface area contributed by atoms with E-state index in [-0.39, 0.29) is 11.6 Å². The molecule has 1 aromatic heterocycles. The van der Waals surface area contributed by atoms with Crippen molar-refractivity contribution in [1.29, 1.82) is 0 Å². The molecule has 2 rings (SSSR count). The molecule has 2 heterocycles. The van der Waals surface area contributed by atoms with Crippen molar-refractivity contribution in [3.05, 3.63) is 22.2 Å². The molecule has 3 N–H and O–H groups in total. The summed E-state index contributed by atoms with van der Waals surface area (Å²) in [6, 6.07) is 1.74. The van der Waals surface area contributed by atoms with Crippen LogP contribution in [0.15, 0.2) is 10.9 Å². The van der Waals surface area contributed by atoms with E-state index < -0.39 is 0 Å². The monoisotopic (exact) mass is 194 g/mol. The Morgan fingerprint density at radius 1 is 1.71 bits per heavy atom. The van der Waals surface area contributed by atoms with Crippen molar-refractivity contribution < 1.29 is 0 Å². The second-order valence-corrected chi connectivity index (χ2v) is 3.57. The predicted molar refractivity (Wildman–Crippen MR) is 54.4 cm³/mol. The first kappa shape index (κ1) is 9.21. The molecule has 0 radical (unpaired) electrons. The Morgan fingerprint density at radius 2 is 2.43 bits per heavy atom. The van der Waals surface area contributed by atoms with Crippen LogP contribution in [0.4, 0.5) is 5.82 Å². The highest BCUT2D eigenvalue weighted by Crippen LogP contribution is 2.15. The van der Waals surface area contributed by atoms with Gasteiger partial charge in [0.25, 0.3) is 5.56 Å². The van der Waals surface area contributed by atoms with E-state index in [1.165, 1.54) is 6.07 Å². The summed E-state index contributed by atoms with van der Waals surface area (Å²) < 4.78 is 0. The zero-order valence-electron chi connectivity index (χ0n) is 8.16. The first-order valence-electron chi connectivity index (χ1n) is 4.80. The number of rotatable bonds is 2. The molecule has 0 spiro atoms. The fourth-order valence-corrected chi connectivity index (χ4v) is 1.52. The summed E-state index contributed by atoms with van der Waals surface area (Å²) in [4.78, 5) is 20.3. The average molecular weight is 194 g/mol. The number of nitrogens with two attached hydrogens (primary N) is 1. The predicted octanol–water partition coefficient (Wildman–Crippen LogP) is -0.520. The summed E-state index contributed by atoms with van der Waals surface area (Å²) in [5, 5.41) is 0. The first-order valence-corrected chi connectivity index (χ1v) is 4.80. The van der Waals surface area contributed by atoms with Crippen LogP contribution >= 0.6 is 0 Å². The molecule has 0 atom stereocenters. The molecule has 0 aromatic carbocycles. The summed E-state index contributed by atoms with van der Waals surface area (Å²) in [6.45, 7) is 3.54. The van der Waals surface area contributed by atoms with Crippen molar-refractivity contribution >= 4 is 5.82 Å². The number of aryl methyl sites for hydroxylation is 1. The zero-order chi connectivity index (χ0) is 10.1. The molecule has 1 aromatic rings. The van der Waals surface area contributed by atoms with Crippen LogP contribution in [0.5, 0.6) is 0 Å². The minimum Gasteiger partial charge on any atom is -0.353 e. The molecular weight excluding hydrogens is 180 g/mol. The molecule has 5 nitrogen and oxygen atoms in total. The Hall–Kier alpha value is -1.36. The van der Waals surface area contributed by atoms with Crippen LogP contribution in [-0.2, 0) is 6.42 Å². The lowest BCUT2D eigenvalue weighted by molar-refractivity contribution is 0.513. The van der Waals surface area contributed by atoms with E-state index in [4.69, 9.17) is 5.73 Å². The lowest BCUT2D eigenvalue weighted by atomic mass is 10.1. The van der Waals surface area contributed by atoms with Crippen LogP contribution in [0.2, 0.25) is 0 Å². The summed E-state index contributed by atoms with van der Waals surface area (Å²) in [5.74, 6) is 1.47. The topological polar surface area (TPSA) is 75.0 Å². The van der Waals surface area contributed by atoms with E-state index in [1.807, 2.05) is 11.8 Å². The Balaban J connectivity index is 2.25. The molecule has 0 amide bonds. The van der Waals surface area contributed by atoms with Crippen molar-refractivity contribution in [3.63, 3.8) is 0 Å². The number of hydrogen-bond donors (Lipinski definition) is 2. The maximum atomic E-state index is 11.2. The SMILES string of the molecule is CCc1nc(N2CC(N)C2)cc(=O)[nH]1. The fourth-order valence-electron chi connectivity index (χ4n) is 1.52. The Kier molecular flexibility index (Phi) is 2.25. The number of H-pyrrole nitrogens is 1. The van der Waals surface area contributed by atoms with Crippen LogP contribution in [0, 0.1) is 0 Å². The van der Waals surface area contributed by atoms with E-state index in [1.54, 1.807) is 0 Å². The van der Waals surface area contributed by atoms with Gasteiger partial charge in [0, 0.05) is 31.6 Å². The number of hydrogen-bond acceptors (Lipinski definition) is 4. The van der Waals surface area contributed by atoms with Gasteiger partial charge in [-0.15, -0.1) is 0 Å². The third kappa shape index (κ3) is 1.63. The number of nitrogens with zero attached hydrogens (tertiary/aromatic N) is 2. The smallest absolute Gasteiger partial charge is 0.252 e. The second-order valence-electron chi connectivity index (χ2n) is 3.57. The molecule has 1 aliphatic heterocycles.